The highest BCUT2D eigenvalue weighted by Crippen LogP contribution is 2.24. The van der Waals surface area contributed by atoms with Gasteiger partial charge in [0.15, 0.2) is 0 Å². The maximum atomic E-state index is 13.9. The number of rotatable bonds is 5. The fourth-order valence-electron chi connectivity index (χ4n) is 1.71. The lowest BCUT2D eigenvalue weighted by atomic mass is 10.1. The second kappa shape index (κ2) is 7.03. The zero-order valence-corrected chi connectivity index (χ0v) is 13.3. The van der Waals surface area contributed by atoms with Gasteiger partial charge in [-0.05, 0) is 39.7 Å². The average molecular weight is 388 g/mol. The molecular weight excluding hydrogens is 375 g/mol. The number of hydrogen-bond acceptors (Lipinski definition) is 2. The maximum Gasteiger partial charge on any atom is 0.141 e. The van der Waals surface area contributed by atoms with Gasteiger partial charge in [0.2, 0.25) is 0 Å². The van der Waals surface area contributed by atoms with Crippen molar-refractivity contribution in [1.29, 1.82) is 0 Å². The van der Waals surface area contributed by atoms with Gasteiger partial charge in [-0.2, -0.15) is 0 Å². The van der Waals surface area contributed by atoms with Gasteiger partial charge in [-0.3, -0.25) is 0 Å². The summed E-state index contributed by atoms with van der Waals surface area (Å²) >= 11 is 6.52. The van der Waals surface area contributed by atoms with Crippen LogP contribution in [-0.2, 0) is 11.9 Å². The minimum atomic E-state index is -0.212. The van der Waals surface area contributed by atoms with Crippen molar-refractivity contribution in [2.45, 2.75) is 11.9 Å². The van der Waals surface area contributed by atoms with Gasteiger partial charge in [0.05, 0.1) is 4.47 Å². The molecule has 0 atom stereocenters. The Morgan fingerprint density at radius 2 is 1.79 bits per heavy atom. The molecule has 2 rings (SSSR count). The monoisotopic (exact) mass is 386 g/mol. The van der Waals surface area contributed by atoms with E-state index in [9.17, 15) is 4.39 Å². The Bertz CT molecular complexity index is 547. The smallest absolute Gasteiger partial charge is 0.141 e. The molecule has 0 aliphatic carbocycles. The van der Waals surface area contributed by atoms with Crippen molar-refractivity contribution in [1.82, 2.24) is 5.43 Å². The van der Waals surface area contributed by atoms with Crippen LogP contribution in [0.4, 0.5) is 10.1 Å². The Morgan fingerprint density at radius 3 is 2.47 bits per heavy atom. The van der Waals surface area contributed by atoms with Crippen molar-refractivity contribution < 1.29 is 4.39 Å². The number of halogens is 3. The molecule has 100 valence electrons. The summed E-state index contributed by atoms with van der Waals surface area (Å²) in [4.78, 5) is 0. The first kappa shape index (κ1) is 14.5. The van der Waals surface area contributed by atoms with E-state index in [0.717, 1.165) is 11.3 Å². The third kappa shape index (κ3) is 3.78. The van der Waals surface area contributed by atoms with Crippen LogP contribution in [-0.4, -0.2) is 0 Å². The Balaban J connectivity index is 2.02. The minimum Gasteiger partial charge on any atom is -0.321 e. The van der Waals surface area contributed by atoms with Crippen LogP contribution in [0.3, 0.4) is 0 Å². The number of anilines is 1. The van der Waals surface area contributed by atoms with Crippen LogP contribution >= 0.6 is 31.9 Å². The molecule has 0 spiro atoms. The number of alkyl halides is 1. The van der Waals surface area contributed by atoms with Gasteiger partial charge in [-0.15, -0.1) is 0 Å². The highest BCUT2D eigenvalue weighted by molar-refractivity contribution is 9.10. The van der Waals surface area contributed by atoms with Crippen molar-refractivity contribution in [3.8, 4) is 0 Å². The van der Waals surface area contributed by atoms with Crippen LogP contribution in [0.5, 0.6) is 0 Å². The summed E-state index contributed by atoms with van der Waals surface area (Å²) in [6, 6.07) is 13.4. The SMILES string of the molecule is Fc1c(Br)ccc(CNNc2ccccc2)c1CBr. The zero-order chi connectivity index (χ0) is 13.7. The third-order valence-corrected chi connectivity index (χ3v) is 3.89. The van der Waals surface area contributed by atoms with Crippen molar-refractivity contribution in [2.75, 3.05) is 5.43 Å². The van der Waals surface area contributed by atoms with Gasteiger partial charge in [-0.25, -0.2) is 9.82 Å². The van der Waals surface area contributed by atoms with E-state index in [0.29, 0.717) is 21.9 Å². The topological polar surface area (TPSA) is 24.1 Å². The first-order valence-corrected chi connectivity index (χ1v) is 7.69. The van der Waals surface area contributed by atoms with Crippen LogP contribution in [0.2, 0.25) is 0 Å². The van der Waals surface area contributed by atoms with Crippen LogP contribution in [0, 0.1) is 5.82 Å². The molecule has 0 aliphatic rings. The Labute approximate surface area is 128 Å². The summed E-state index contributed by atoms with van der Waals surface area (Å²) in [5.74, 6) is -0.212. The summed E-state index contributed by atoms with van der Waals surface area (Å²) in [7, 11) is 0. The van der Waals surface area contributed by atoms with E-state index in [1.165, 1.54) is 0 Å². The first-order valence-electron chi connectivity index (χ1n) is 5.78. The highest BCUT2D eigenvalue weighted by atomic mass is 79.9. The maximum absolute atomic E-state index is 13.9. The average Bonchev–Trinajstić information content (AvgIpc) is 2.44. The largest absolute Gasteiger partial charge is 0.321 e. The number of benzene rings is 2. The summed E-state index contributed by atoms with van der Waals surface area (Å²) in [5, 5.41) is 0.487. The standard InChI is InChI=1S/C14H13Br2FN2/c15-8-12-10(6-7-13(16)14(12)17)9-18-19-11-4-2-1-3-5-11/h1-7,18-19H,8-9H2. The number of hydrogen-bond donors (Lipinski definition) is 2. The summed E-state index contributed by atoms with van der Waals surface area (Å²) < 4.78 is 14.4. The molecule has 0 bridgehead atoms. The molecule has 0 aliphatic heterocycles. The second-order valence-electron chi connectivity index (χ2n) is 3.98. The quantitative estimate of drug-likeness (QED) is 0.578. The van der Waals surface area contributed by atoms with E-state index in [1.807, 2.05) is 36.4 Å². The number of para-hydroxylation sites is 1. The van der Waals surface area contributed by atoms with E-state index in [2.05, 4.69) is 42.7 Å². The first-order chi connectivity index (χ1) is 9.22. The second-order valence-corrected chi connectivity index (χ2v) is 5.39. The summed E-state index contributed by atoms with van der Waals surface area (Å²) in [6.07, 6.45) is 0. The molecule has 0 amide bonds. The lowest BCUT2D eigenvalue weighted by Gasteiger charge is -2.12. The Kier molecular flexibility index (Phi) is 5.36. The molecule has 0 saturated carbocycles. The molecule has 0 radical (unpaired) electrons. The van der Waals surface area contributed by atoms with Crippen molar-refractivity contribution >= 4 is 37.5 Å². The molecule has 0 aromatic heterocycles. The van der Waals surface area contributed by atoms with Crippen molar-refractivity contribution in [3.63, 3.8) is 0 Å². The van der Waals surface area contributed by atoms with Gasteiger partial charge < -0.3 is 5.43 Å². The number of hydrazine groups is 1. The Morgan fingerprint density at radius 1 is 1.05 bits per heavy atom. The molecule has 2 N–H and O–H groups in total. The summed E-state index contributed by atoms with van der Waals surface area (Å²) in [6.45, 7) is 0.542. The molecule has 0 fully saturated rings. The Hall–Kier alpha value is -0.910. The fourth-order valence-corrected chi connectivity index (χ4v) is 2.68. The van der Waals surface area contributed by atoms with Crippen LogP contribution in [0.1, 0.15) is 11.1 Å². The lowest BCUT2D eigenvalue weighted by Crippen LogP contribution is -2.21. The molecule has 0 heterocycles. The minimum absolute atomic E-state index is 0.212. The van der Waals surface area contributed by atoms with Crippen molar-refractivity contribution in [3.05, 3.63) is 63.9 Å². The molecule has 0 unspecified atom stereocenters. The van der Waals surface area contributed by atoms with Crippen molar-refractivity contribution in [2.24, 2.45) is 0 Å². The predicted molar refractivity (Wildman–Crippen MR) is 83.6 cm³/mol. The van der Waals surface area contributed by atoms with E-state index >= 15 is 0 Å². The van der Waals surface area contributed by atoms with Gasteiger partial charge in [0.25, 0.3) is 0 Å². The number of nitrogens with one attached hydrogen (secondary N) is 2. The molecule has 2 aromatic carbocycles. The molecule has 19 heavy (non-hydrogen) atoms. The van der Waals surface area contributed by atoms with E-state index < -0.39 is 0 Å². The lowest BCUT2D eigenvalue weighted by molar-refractivity contribution is 0.605. The van der Waals surface area contributed by atoms with E-state index in [-0.39, 0.29) is 5.82 Å². The van der Waals surface area contributed by atoms with E-state index in [4.69, 9.17) is 0 Å². The molecule has 2 nitrogen and oxygen atoms in total. The van der Waals surface area contributed by atoms with Gasteiger partial charge in [0.1, 0.15) is 5.82 Å². The fraction of sp³-hybridized carbons (Fsp3) is 0.143. The molecule has 5 heteroatoms. The van der Waals surface area contributed by atoms with Crippen LogP contribution in [0.15, 0.2) is 46.9 Å². The van der Waals surface area contributed by atoms with Gasteiger partial charge in [0, 0.05) is 23.1 Å². The highest BCUT2D eigenvalue weighted by Gasteiger charge is 2.10. The van der Waals surface area contributed by atoms with Gasteiger partial charge in [-0.1, -0.05) is 40.2 Å². The predicted octanol–water partition coefficient (Wildman–Crippen LogP) is 4.60. The van der Waals surface area contributed by atoms with Crippen LogP contribution < -0.4 is 10.9 Å². The summed E-state index contributed by atoms with van der Waals surface area (Å²) in [5.41, 5.74) is 8.72. The molecular formula is C14H13Br2FN2. The van der Waals surface area contributed by atoms with Crippen LogP contribution in [0.25, 0.3) is 0 Å². The zero-order valence-electron chi connectivity index (χ0n) is 10.1. The molecule has 2 aromatic rings. The normalized spacial score (nSPS) is 10.5. The van der Waals surface area contributed by atoms with Gasteiger partial charge >= 0.3 is 0 Å². The van der Waals surface area contributed by atoms with E-state index in [1.54, 1.807) is 6.07 Å². The third-order valence-electron chi connectivity index (χ3n) is 2.71. The molecule has 0 saturated heterocycles.